The molecule has 8 nitrogen and oxygen atoms in total. The Morgan fingerprint density at radius 2 is 1.09 bits per heavy atom. The van der Waals surface area contributed by atoms with Gasteiger partial charge in [-0.15, -0.1) is 0 Å². The third-order valence-corrected chi connectivity index (χ3v) is 7.54. The number of hydrogen-bond donors (Lipinski definition) is 4. The summed E-state index contributed by atoms with van der Waals surface area (Å²) in [6.07, 6.45) is 29.5. The van der Waals surface area contributed by atoms with Gasteiger partial charge in [-0.3, -0.25) is 9.59 Å². The second-order valence-corrected chi connectivity index (χ2v) is 12.7. The molecule has 0 aromatic heterocycles. The highest BCUT2D eigenvalue weighted by molar-refractivity contribution is 5.69. The summed E-state index contributed by atoms with van der Waals surface area (Å²) in [6, 6.07) is 0. The van der Waals surface area contributed by atoms with Gasteiger partial charge in [0.05, 0.1) is 18.3 Å². The van der Waals surface area contributed by atoms with E-state index in [1.165, 1.54) is 57.4 Å². The molecule has 0 heterocycles. The van der Waals surface area contributed by atoms with Crippen molar-refractivity contribution in [1.29, 1.82) is 0 Å². The number of rotatable bonds is 30. The number of unbranched alkanes of at least 4 members (excludes halogenated alkanes) is 9. The lowest BCUT2D eigenvalue weighted by Crippen LogP contribution is -2.26. The number of aliphatic hydroxyl groups excluding tert-OH is 4. The van der Waals surface area contributed by atoms with Crippen LogP contribution in [0.25, 0.3) is 0 Å². The van der Waals surface area contributed by atoms with Gasteiger partial charge >= 0.3 is 11.9 Å². The second-order valence-electron chi connectivity index (χ2n) is 12.7. The molecule has 0 aliphatic rings. The minimum Gasteiger partial charge on any atom is -0.463 e. The van der Waals surface area contributed by atoms with E-state index in [9.17, 15) is 30.0 Å². The van der Waals surface area contributed by atoms with Crippen LogP contribution in [0.15, 0.2) is 60.8 Å². The molecule has 0 radical (unpaired) electrons. The van der Waals surface area contributed by atoms with Crippen LogP contribution in [-0.2, 0) is 19.1 Å². The summed E-state index contributed by atoms with van der Waals surface area (Å²) in [7, 11) is 0. The van der Waals surface area contributed by atoms with Crippen LogP contribution in [0.3, 0.4) is 0 Å². The van der Waals surface area contributed by atoms with Gasteiger partial charge in [0.15, 0.2) is 0 Å². The van der Waals surface area contributed by atoms with Gasteiger partial charge in [0.25, 0.3) is 0 Å². The van der Waals surface area contributed by atoms with Crippen molar-refractivity contribution < 1.29 is 39.5 Å². The molecule has 0 aromatic rings. The maximum atomic E-state index is 12.0. The lowest BCUT2D eigenvalue weighted by atomic mass is 10.0. The van der Waals surface area contributed by atoms with E-state index in [0.717, 1.165) is 31.6 Å². The summed E-state index contributed by atoms with van der Waals surface area (Å²) >= 11 is 0. The van der Waals surface area contributed by atoms with Crippen molar-refractivity contribution in [3.8, 4) is 0 Å². The Balaban J connectivity index is 3.84. The Kier molecular flexibility index (Phi) is 30.3. The van der Waals surface area contributed by atoms with E-state index in [-0.39, 0.29) is 32.0 Å². The molecule has 0 aromatic carbocycles. The van der Waals surface area contributed by atoms with Gasteiger partial charge in [0, 0.05) is 12.8 Å². The van der Waals surface area contributed by atoms with E-state index in [2.05, 4.69) is 13.8 Å². The molecule has 47 heavy (non-hydrogen) atoms. The highest BCUT2D eigenvalue weighted by atomic mass is 16.6. The number of carbonyl (C=O) groups excluding carboxylic acids is 2. The Bertz CT molecular complexity index is 905. The van der Waals surface area contributed by atoms with E-state index < -0.39 is 30.4 Å². The molecule has 0 aliphatic heterocycles. The average molecular weight is 663 g/mol. The van der Waals surface area contributed by atoms with Gasteiger partial charge in [-0.05, 0) is 38.0 Å². The molecule has 0 bridgehead atoms. The van der Waals surface area contributed by atoms with E-state index in [1.807, 2.05) is 19.1 Å². The largest absolute Gasteiger partial charge is 0.463 e. The monoisotopic (exact) mass is 662 g/mol. The molecular weight excluding hydrogens is 596 g/mol. The first kappa shape index (κ1) is 44.5. The predicted octanol–water partition coefficient (Wildman–Crippen LogP) is 7.61. The van der Waals surface area contributed by atoms with Crippen molar-refractivity contribution in [3.05, 3.63) is 60.8 Å². The molecule has 0 spiro atoms. The van der Waals surface area contributed by atoms with E-state index in [4.69, 9.17) is 9.47 Å². The smallest absolute Gasteiger partial charge is 0.305 e. The standard InChI is InChI=1S/C39H66O8/c1-4-5-18-25-34(40)26-20-15-12-13-16-21-27-36(42)37(43)28-23-30-39(45)47-32-35(41)31-46-38(44)29-22-17-11-9-7-6-8-10-14-19-24-33(2)3/h5,12-13,15-16,18,20-21,26-27,33-37,40-43H,4,6-11,14,17,19,22-25,28-32H2,1-3H3/b15-12+,16-13-,18-5-,26-20+,27-21-/t34-,35-,36+,37+/m1/s1. The lowest BCUT2D eigenvalue weighted by molar-refractivity contribution is -0.152. The zero-order chi connectivity index (χ0) is 35.0. The highest BCUT2D eigenvalue weighted by Gasteiger charge is 2.15. The maximum Gasteiger partial charge on any atom is 0.305 e. The van der Waals surface area contributed by atoms with Gasteiger partial charge in [0.2, 0.25) is 0 Å². The number of ether oxygens (including phenoxy) is 2. The van der Waals surface area contributed by atoms with Gasteiger partial charge in [-0.2, -0.15) is 0 Å². The molecule has 4 N–H and O–H groups in total. The van der Waals surface area contributed by atoms with Crippen LogP contribution in [0.5, 0.6) is 0 Å². The minimum atomic E-state index is -1.09. The van der Waals surface area contributed by atoms with Crippen LogP contribution in [-0.4, -0.2) is 70.0 Å². The molecule has 8 heteroatoms. The van der Waals surface area contributed by atoms with Gasteiger partial charge < -0.3 is 29.9 Å². The van der Waals surface area contributed by atoms with Crippen LogP contribution >= 0.6 is 0 Å². The highest BCUT2D eigenvalue weighted by Crippen LogP contribution is 2.14. The SMILES string of the molecule is CC/C=C\C[C@@H](O)/C=C/C=C/C=C\C=C/[C@H](O)[C@@H](O)CCCC(=O)OC[C@H](O)COC(=O)CCCCCCCCCCCCC(C)C. The van der Waals surface area contributed by atoms with Gasteiger partial charge in [-0.25, -0.2) is 0 Å². The van der Waals surface area contributed by atoms with Crippen LogP contribution in [0.1, 0.15) is 130 Å². The van der Waals surface area contributed by atoms with Crippen molar-refractivity contribution in [2.75, 3.05) is 13.2 Å². The first-order chi connectivity index (χ1) is 22.6. The molecule has 0 saturated heterocycles. The lowest BCUT2D eigenvalue weighted by Gasteiger charge is -2.14. The molecule has 0 rings (SSSR count). The number of aliphatic hydroxyl groups is 4. The molecule has 0 amide bonds. The van der Waals surface area contributed by atoms with Crippen molar-refractivity contribution in [1.82, 2.24) is 0 Å². The summed E-state index contributed by atoms with van der Waals surface area (Å²) < 4.78 is 10.1. The topological polar surface area (TPSA) is 134 Å². The minimum absolute atomic E-state index is 0.0279. The quantitative estimate of drug-likeness (QED) is 0.0267. The summed E-state index contributed by atoms with van der Waals surface area (Å²) in [5.74, 6) is -0.0855. The van der Waals surface area contributed by atoms with Crippen molar-refractivity contribution in [2.24, 2.45) is 5.92 Å². The molecule has 0 fully saturated rings. The molecule has 270 valence electrons. The average Bonchev–Trinajstić information content (AvgIpc) is 3.04. The third kappa shape index (κ3) is 31.8. The summed E-state index contributed by atoms with van der Waals surface area (Å²) in [6.45, 7) is 6.11. The third-order valence-electron chi connectivity index (χ3n) is 7.54. The van der Waals surface area contributed by atoms with E-state index >= 15 is 0 Å². The van der Waals surface area contributed by atoms with Crippen LogP contribution in [0.2, 0.25) is 0 Å². The number of allylic oxidation sites excluding steroid dienone is 7. The molecular formula is C39H66O8. The fourth-order valence-corrected chi connectivity index (χ4v) is 4.67. The van der Waals surface area contributed by atoms with Gasteiger partial charge in [0.1, 0.15) is 19.3 Å². The van der Waals surface area contributed by atoms with E-state index in [1.54, 1.807) is 42.5 Å². The Hall–Kier alpha value is -2.52. The number of carbonyl (C=O) groups is 2. The zero-order valence-electron chi connectivity index (χ0n) is 29.5. The summed E-state index contributed by atoms with van der Waals surface area (Å²) in [5.41, 5.74) is 0. The summed E-state index contributed by atoms with van der Waals surface area (Å²) in [5, 5.41) is 40.0. The Morgan fingerprint density at radius 3 is 1.64 bits per heavy atom. The second kappa shape index (κ2) is 32.0. The molecule has 4 atom stereocenters. The van der Waals surface area contributed by atoms with Crippen LogP contribution in [0.4, 0.5) is 0 Å². The van der Waals surface area contributed by atoms with Crippen LogP contribution in [0, 0.1) is 5.92 Å². The number of esters is 2. The molecule has 0 saturated carbocycles. The Morgan fingerprint density at radius 1 is 0.596 bits per heavy atom. The summed E-state index contributed by atoms with van der Waals surface area (Å²) in [4.78, 5) is 23.9. The number of hydrogen-bond acceptors (Lipinski definition) is 8. The molecule has 0 unspecified atom stereocenters. The van der Waals surface area contributed by atoms with Gasteiger partial charge in [-0.1, -0.05) is 146 Å². The van der Waals surface area contributed by atoms with Crippen molar-refractivity contribution in [2.45, 2.75) is 154 Å². The first-order valence-corrected chi connectivity index (χ1v) is 18.0. The van der Waals surface area contributed by atoms with E-state index in [0.29, 0.717) is 19.3 Å². The zero-order valence-corrected chi connectivity index (χ0v) is 29.5. The van der Waals surface area contributed by atoms with Crippen molar-refractivity contribution >= 4 is 11.9 Å². The van der Waals surface area contributed by atoms with Crippen LogP contribution < -0.4 is 0 Å². The fourth-order valence-electron chi connectivity index (χ4n) is 4.67. The normalized spacial score (nSPS) is 15.1. The Labute approximate surface area is 285 Å². The predicted molar refractivity (Wildman–Crippen MR) is 191 cm³/mol. The molecule has 0 aliphatic carbocycles. The fraction of sp³-hybridized carbons (Fsp3) is 0.692. The van der Waals surface area contributed by atoms with Crippen molar-refractivity contribution in [3.63, 3.8) is 0 Å². The first-order valence-electron chi connectivity index (χ1n) is 18.0. The maximum absolute atomic E-state index is 12.0.